The van der Waals surface area contributed by atoms with Crippen LogP contribution in [0.5, 0.6) is 0 Å². The standard InChI is InChI=1S/C11H25INO/c1-7-9-11(12-10(3)4)14-13(5,6)8-2/h10H,7-9H2,1-6H3/q+1. The average Bonchev–Trinajstić information content (AvgIpc) is 2.03. The van der Waals surface area contributed by atoms with Crippen LogP contribution in [0.3, 0.4) is 0 Å². The summed E-state index contributed by atoms with van der Waals surface area (Å²) in [4.78, 5) is 6.04. The first-order valence-electron chi connectivity index (χ1n) is 5.43. The number of hydrogen-bond donors (Lipinski definition) is 0. The lowest BCUT2D eigenvalue weighted by Crippen LogP contribution is -2.40. The van der Waals surface area contributed by atoms with Crippen LogP contribution in [0.15, 0.2) is 0 Å². The van der Waals surface area contributed by atoms with Gasteiger partial charge >= 0.3 is 0 Å². The summed E-state index contributed by atoms with van der Waals surface area (Å²) in [5, 5.41) is 0. The van der Waals surface area contributed by atoms with Gasteiger partial charge < -0.3 is 0 Å². The van der Waals surface area contributed by atoms with Crippen molar-refractivity contribution in [2.75, 3.05) is 20.6 Å². The Morgan fingerprint density at radius 3 is 2.21 bits per heavy atom. The monoisotopic (exact) mass is 314 g/mol. The molecule has 0 amide bonds. The van der Waals surface area contributed by atoms with Crippen LogP contribution in [0.1, 0.15) is 40.5 Å². The fourth-order valence-corrected chi connectivity index (χ4v) is 3.78. The predicted molar refractivity (Wildman–Crippen MR) is 72.8 cm³/mol. The van der Waals surface area contributed by atoms with Gasteiger partial charge in [-0.1, -0.05) is 41.5 Å². The molecule has 0 atom stereocenters. The third kappa shape index (κ3) is 6.90. The summed E-state index contributed by atoms with van der Waals surface area (Å²) in [5.74, 6) is 0. The molecule has 0 aromatic rings. The van der Waals surface area contributed by atoms with Gasteiger partial charge in [0, 0.05) is 10.3 Å². The first-order valence-corrected chi connectivity index (χ1v) is 7.75. The minimum absolute atomic E-state index is 0.0996. The molecule has 14 heavy (non-hydrogen) atoms. The largest absolute Gasteiger partial charge is 0.178 e. The van der Waals surface area contributed by atoms with Crippen molar-refractivity contribution in [1.29, 1.82) is 0 Å². The van der Waals surface area contributed by atoms with Crippen LogP contribution in [0.4, 0.5) is 0 Å². The van der Waals surface area contributed by atoms with Gasteiger partial charge in [0.25, 0.3) is 0 Å². The van der Waals surface area contributed by atoms with Crippen LogP contribution in [0.2, 0.25) is 0 Å². The van der Waals surface area contributed by atoms with Crippen molar-refractivity contribution in [1.82, 2.24) is 0 Å². The third-order valence-corrected chi connectivity index (χ3v) is 4.57. The number of alkyl halides is 1. The Hall–Kier alpha value is 0.520. The number of hydrogen-bond acceptors (Lipinski definition) is 1. The van der Waals surface area contributed by atoms with Gasteiger partial charge in [-0.2, -0.15) is 9.48 Å². The molecule has 0 fully saturated rings. The Labute approximate surface area is 98.9 Å². The summed E-state index contributed by atoms with van der Waals surface area (Å²) in [7, 11) is 4.25. The number of halogens is 1. The molecule has 3 heteroatoms. The maximum atomic E-state index is 6.04. The van der Waals surface area contributed by atoms with Gasteiger partial charge in [0.2, 0.25) is 0 Å². The maximum absolute atomic E-state index is 6.04. The topological polar surface area (TPSA) is 9.23 Å². The van der Waals surface area contributed by atoms with Crippen molar-refractivity contribution in [2.24, 2.45) is 0 Å². The van der Waals surface area contributed by atoms with Gasteiger partial charge in [-0.05, 0) is 13.3 Å². The van der Waals surface area contributed by atoms with Crippen LogP contribution in [-0.2, 0) is 4.84 Å². The van der Waals surface area contributed by atoms with E-state index in [0.29, 0.717) is 4.65 Å². The summed E-state index contributed by atoms with van der Waals surface area (Å²) >= 11 is 0.0996. The van der Waals surface area contributed by atoms with E-state index in [9.17, 15) is 0 Å². The van der Waals surface area contributed by atoms with Gasteiger partial charge in [0.1, 0.15) is 10.2 Å². The van der Waals surface area contributed by atoms with Gasteiger partial charge in [-0.3, -0.25) is 0 Å². The average molecular weight is 314 g/mol. The van der Waals surface area contributed by atoms with Gasteiger partial charge in [-0.15, -0.1) is 0 Å². The molecule has 0 radical (unpaired) electrons. The van der Waals surface area contributed by atoms with Crippen LogP contribution in [0.25, 0.3) is 0 Å². The Bertz CT molecular complexity index is 188. The fraction of sp³-hybridized carbons (Fsp3) is 0.909. The minimum Gasteiger partial charge on any atom is -0.178 e. The van der Waals surface area contributed by atoms with E-state index in [1.165, 1.54) is 10.1 Å². The van der Waals surface area contributed by atoms with Crippen LogP contribution in [-0.4, -0.2) is 32.9 Å². The van der Waals surface area contributed by atoms with E-state index in [4.69, 9.17) is 4.84 Å². The fourth-order valence-electron chi connectivity index (χ4n) is 0.893. The van der Waals surface area contributed by atoms with Gasteiger partial charge in [0.05, 0.1) is 14.1 Å². The van der Waals surface area contributed by atoms with E-state index in [1.54, 1.807) is 0 Å². The SMILES string of the molecule is CCCC(O[N+](C)(C)CC)=IC(C)C. The number of nitrogens with zero attached hydrogens (tertiary/aromatic N) is 1. The van der Waals surface area contributed by atoms with Crippen LogP contribution < -0.4 is 0 Å². The molecule has 0 aromatic carbocycles. The summed E-state index contributed by atoms with van der Waals surface area (Å²) in [6.07, 6.45) is 2.35. The molecule has 0 heterocycles. The highest BCUT2D eigenvalue weighted by Crippen LogP contribution is 2.16. The molecule has 0 saturated heterocycles. The highest BCUT2D eigenvalue weighted by molar-refractivity contribution is 14.2. The summed E-state index contributed by atoms with van der Waals surface area (Å²) < 4.78 is 2.84. The third-order valence-electron chi connectivity index (χ3n) is 1.89. The van der Waals surface area contributed by atoms with Crippen LogP contribution >= 0.6 is 20.7 Å². The lowest BCUT2D eigenvalue weighted by atomic mass is 10.4. The molecular weight excluding hydrogens is 289 g/mol. The molecule has 2 nitrogen and oxygen atoms in total. The molecule has 0 aliphatic heterocycles. The predicted octanol–water partition coefficient (Wildman–Crippen LogP) is 3.32. The Morgan fingerprint density at radius 1 is 1.29 bits per heavy atom. The van der Waals surface area contributed by atoms with Gasteiger partial charge in [-0.25, -0.2) is 0 Å². The highest BCUT2D eigenvalue weighted by atomic mass is 127. The van der Waals surface area contributed by atoms with E-state index >= 15 is 0 Å². The normalized spacial score (nSPS) is 14.4. The quantitative estimate of drug-likeness (QED) is 0.316. The molecule has 0 unspecified atom stereocenters. The molecule has 0 saturated carbocycles. The van der Waals surface area contributed by atoms with Gasteiger partial charge in [0.15, 0.2) is 0 Å². The van der Waals surface area contributed by atoms with Crippen LogP contribution in [0, 0.1) is 0 Å². The van der Waals surface area contributed by atoms with E-state index in [0.717, 1.165) is 16.9 Å². The van der Waals surface area contributed by atoms with Crippen molar-refractivity contribution >= 4 is 24.4 Å². The lowest BCUT2D eigenvalue weighted by molar-refractivity contribution is -1.06. The second-order valence-electron chi connectivity index (χ2n) is 4.21. The molecule has 0 N–H and O–H groups in total. The van der Waals surface area contributed by atoms with Crippen molar-refractivity contribution in [3.8, 4) is 0 Å². The highest BCUT2D eigenvalue weighted by Gasteiger charge is 2.17. The first kappa shape index (κ1) is 14.5. The maximum Gasteiger partial charge on any atom is 0.144 e. The summed E-state index contributed by atoms with van der Waals surface area (Å²) in [5.41, 5.74) is 0. The zero-order chi connectivity index (χ0) is 11.2. The number of quaternary nitrogens is 1. The van der Waals surface area contributed by atoms with Crippen molar-refractivity contribution in [3.63, 3.8) is 0 Å². The molecule has 0 spiro atoms. The molecule has 0 bridgehead atoms. The molecule has 0 aromatic heterocycles. The second-order valence-corrected chi connectivity index (χ2v) is 8.53. The zero-order valence-electron chi connectivity index (χ0n) is 10.4. The Kier molecular flexibility index (Phi) is 7.16. The molecule has 86 valence electrons. The van der Waals surface area contributed by atoms with Crippen molar-refractivity contribution < 1.29 is 9.48 Å². The van der Waals surface area contributed by atoms with Crippen molar-refractivity contribution in [2.45, 2.75) is 44.5 Å². The minimum atomic E-state index is 0.0996. The zero-order valence-corrected chi connectivity index (χ0v) is 12.6. The molecule has 0 aliphatic carbocycles. The summed E-state index contributed by atoms with van der Waals surface area (Å²) in [6.45, 7) is 9.99. The van der Waals surface area contributed by atoms with E-state index < -0.39 is 0 Å². The van der Waals surface area contributed by atoms with E-state index in [-0.39, 0.29) is 20.7 Å². The first-order chi connectivity index (χ1) is 6.41. The molecule has 0 aliphatic rings. The number of hydroxylamine groups is 3. The van der Waals surface area contributed by atoms with E-state index in [1.807, 2.05) is 0 Å². The van der Waals surface area contributed by atoms with E-state index in [2.05, 4.69) is 41.8 Å². The lowest BCUT2D eigenvalue weighted by Gasteiger charge is -2.26. The second kappa shape index (κ2) is 6.90. The number of rotatable bonds is 6. The Morgan fingerprint density at radius 2 is 1.86 bits per heavy atom. The Balaban J connectivity index is 4.37. The molecular formula is C11H25INO+. The van der Waals surface area contributed by atoms with Crippen molar-refractivity contribution in [3.05, 3.63) is 0 Å². The molecule has 0 rings (SSSR count). The summed E-state index contributed by atoms with van der Waals surface area (Å²) in [6, 6.07) is 0. The smallest absolute Gasteiger partial charge is 0.144 e.